The SMILES string of the molecule is CC(=O)O.CC1C(c2ccc(C(C)(C)C)cc2)CCN1C1NC=CCN1. The van der Waals surface area contributed by atoms with Crippen molar-refractivity contribution in [2.45, 2.75) is 64.7 Å². The smallest absolute Gasteiger partial charge is 0.300 e. The molecule has 1 fully saturated rings. The number of rotatable bonds is 2. The third-order valence-corrected chi connectivity index (χ3v) is 5.14. The first-order valence-electron chi connectivity index (χ1n) is 9.40. The van der Waals surface area contributed by atoms with Crippen LogP contribution in [0.15, 0.2) is 36.5 Å². The van der Waals surface area contributed by atoms with Gasteiger partial charge in [0.05, 0.1) is 0 Å². The minimum Gasteiger partial charge on any atom is -0.481 e. The number of nitrogens with one attached hydrogen (secondary N) is 2. The average molecular weight is 360 g/mol. The molecule has 3 rings (SSSR count). The highest BCUT2D eigenvalue weighted by molar-refractivity contribution is 5.62. The van der Waals surface area contributed by atoms with E-state index in [1.807, 2.05) is 0 Å². The highest BCUT2D eigenvalue weighted by atomic mass is 16.4. The first-order chi connectivity index (χ1) is 12.2. The van der Waals surface area contributed by atoms with Gasteiger partial charge in [-0.05, 0) is 36.1 Å². The second-order valence-electron chi connectivity index (χ2n) is 8.14. The van der Waals surface area contributed by atoms with E-state index >= 15 is 0 Å². The van der Waals surface area contributed by atoms with Crippen molar-refractivity contribution in [3.8, 4) is 0 Å². The van der Waals surface area contributed by atoms with E-state index in [9.17, 15) is 0 Å². The summed E-state index contributed by atoms with van der Waals surface area (Å²) in [4.78, 5) is 11.5. The highest BCUT2D eigenvalue weighted by Gasteiger charge is 2.35. The Morgan fingerprint density at radius 3 is 2.35 bits per heavy atom. The van der Waals surface area contributed by atoms with Crippen LogP contribution in [-0.2, 0) is 10.2 Å². The number of nitrogens with zero attached hydrogens (tertiary/aromatic N) is 1. The molecule has 0 radical (unpaired) electrons. The van der Waals surface area contributed by atoms with Crippen LogP contribution in [0, 0.1) is 0 Å². The van der Waals surface area contributed by atoms with E-state index in [0.717, 1.165) is 20.0 Å². The molecule has 0 amide bonds. The van der Waals surface area contributed by atoms with Crippen LogP contribution in [0.3, 0.4) is 0 Å². The summed E-state index contributed by atoms with van der Waals surface area (Å²) in [5, 5.41) is 14.4. The van der Waals surface area contributed by atoms with Crippen LogP contribution in [0.4, 0.5) is 0 Å². The highest BCUT2D eigenvalue weighted by Crippen LogP contribution is 2.35. The number of likely N-dealkylation sites (tertiary alicyclic amines) is 1. The summed E-state index contributed by atoms with van der Waals surface area (Å²) < 4.78 is 0. The van der Waals surface area contributed by atoms with Crippen molar-refractivity contribution in [1.82, 2.24) is 15.5 Å². The van der Waals surface area contributed by atoms with Gasteiger partial charge in [0.2, 0.25) is 0 Å². The molecule has 0 aromatic heterocycles. The molecule has 5 nitrogen and oxygen atoms in total. The van der Waals surface area contributed by atoms with Crippen LogP contribution < -0.4 is 10.6 Å². The Labute approximate surface area is 157 Å². The van der Waals surface area contributed by atoms with Gasteiger partial charge in [0.1, 0.15) is 6.29 Å². The molecule has 3 atom stereocenters. The van der Waals surface area contributed by atoms with Gasteiger partial charge in [-0.25, -0.2) is 0 Å². The molecule has 2 aliphatic rings. The molecule has 1 aromatic rings. The number of carbonyl (C=O) groups is 1. The maximum atomic E-state index is 9.00. The van der Waals surface area contributed by atoms with E-state index in [1.54, 1.807) is 0 Å². The minimum atomic E-state index is -0.833. The molecule has 0 saturated carbocycles. The molecular weight excluding hydrogens is 326 g/mol. The van der Waals surface area contributed by atoms with Crippen molar-refractivity contribution in [2.24, 2.45) is 0 Å². The fourth-order valence-electron chi connectivity index (χ4n) is 3.67. The maximum absolute atomic E-state index is 9.00. The van der Waals surface area contributed by atoms with E-state index in [1.165, 1.54) is 17.5 Å². The van der Waals surface area contributed by atoms with Gasteiger partial charge >= 0.3 is 0 Å². The van der Waals surface area contributed by atoms with Crippen LogP contribution in [0.2, 0.25) is 0 Å². The number of hydrogen-bond donors (Lipinski definition) is 3. The van der Waals surface area contributed by atoms with Gasteiger partial charge in [-0.3, -0.25) is 15.0 Å². The minimum absolute atomic E-state index is 0.230. The predicted molar refractivity (Wildman–Crippen MR) is 106 cm³/mol. The Hall–Kier alpha value is -1.85. The summed E-state index contributed by atoms with van der Waals surface area (Å²) in [6.45, 7) is 12.4. The van der Waals surface area contributed by atoms with Crippen molar-refractivity contribution in [3.05, 3.63) is 47.7 Å². The zero-order valence-electron chi connectivity index (χ0n) is 16.6. The van der Waals surface area contributed by atoms with Gasteiger partial charge in [-0.15, -0.1) is 0 Å². The lowest BCUT2D eigenvalue weighted by Gasteiger charge is -2.35. The van der Waals surface area contributed by atoms with E-state index in [2.05, 4.69) is 79.8 Å². The monoisotopic (exact) mass is 359 g/mol. The third kappa shape index (κ3) is 5.32. The fraction of sp³-hybridized carbons (Fsp3) is 0.571. The van der Waals surface area contributed by atoms with Gasteiger partial charge in [0.15, 0.2) is 0 Å². The molecule has 144 valence electrons. The van der Waals surface area contributed by atoms with Crippen LogP contribution in [0.25, 0.3) is 0 Å². The molecule has 2 heterocycles. The summed E-state index contributed by atoms with van der Waals surface area (Å²) >= 11 is 0. The van der Waals surface area contributed by atoms with Crippen LogP contribution in [0.1, 0.15) is 58.1 Å². The van der Waals surface area contributed by atoms with Gasteiger partial charge in [0.25, 0.3) is 5.97 Å². The summed E-state index contributed by atoms with van der Waals surface area (Å²) in [5.74, 6) is -0.205. The van der Waals surface area contributed by atoms with Crippen LogP contribution in [0.5, 0.6) is 0 Å². The molecule has 0 spiro atoms. The normalized spacial score (nSPS) is 26.0. The van der Waals surface area contributed by atoms with E-state index in [-0.39, 0.29) is 11.7 Å². The topological polar surface area (TPSA) is 64.6 Å². The number of hydrogen-bond acceptors (Lipinski definition) is 4. The van der Waals surface area contributed by atoms with Gasteiger partial charge in [0, 0.05) is 32.0 Å². The fourth-order valence-corrected chi connectivity index (χ4v) is 3.67. The van der Waals surface area contributed by atoms with E-state index in [4.69, 9.17) is 9.90 Å². The van der Waals surface area contributed by atoms with Crippen molar-refractivity contribution in [2.75, 3.05) is 13.1 Å². The molecule has 5 heteroatoms. The zero-order valence-corrected chi connectivity index (χ0v) is 16.6. The second-order valence-corrected chi connectivity index (χ2v) is 8.14. The first-order valence-corrected chi connectivity index (χ1v) is 9.40. The van der Waals surface area contributed by atoms with E-state index < -0.39 is 5.97 Å². The first kappa shape index (κ1) is 20.5. The molecule has 1 aromatic carbocycles. The van der Waals surface area contributed by atoms with E-state index in [0.29, 0.717) is 12.0 Å². The number of aliphatic carboxylic acids is 1. The Morgan fingerprint density at radius 2 is 1.85 bits per heavy atom. The lowest BCUT2D eigenvalue weighted by atomic mass is 9.84. The molecule has 26 heavy (non-hydrogen) atoms. The zero-order chi connectivity index (χ0) is 19.3. The van der Waals surface area contributed by atoms with Crippen molar-refractivity contribution in [3.63, 3.8) is 0 Å². The largest absolute Gasteiger partial charge is 0.481 e. The van der Waals surface area contributed by atoms with Crippen molar-refractivity contribution in [1.29, 1.82) is 0 Å². The van der Waals surface area contributed by atoms with Crippen molar-refractivity contribution < 1.29 is 9.90 Å². The third-order valence-electron chi connectivity index (χ3n) is 5.14. The predicted octanol–water partition coefficient (Wildman–Crippen LogP) is 3.24. The number of carboxylic acid groups (broad SMARTS) is 1. The Morgan fingerprint density at radius 1 is 1.23 bits per heavy atom. The van der Waals surface area contributed by atoms with Gasteiger partial charge < -0.3 is 10.4 Å². The molecule has 1 saturated heterocycles. The molecular formula is C21H33N3O2. The van der Waals surface area contributed by atoms with Gasteiger partial charge in [-0.2, -0.15) is 0 Å². The molecule has 0 bridgehead atoms. The summed E-state index contributed by atoms with van der Waals surface area (Å²) in [6, 6.07) is 9.85. The summed E-state index contributed by atoms with van der Waals surface area (Å²) in [7, 11) is 0. The number of benzene rings is 1. The number of carboxylic acids is 1. The Balaban J connectivity index is 0.000000552. The summed E-state index contributed by atoms with van der Waals surface area (Å²) in [5.41, 5.74) is 3.13. The second kappa shape index (κ2) is 8.69. The molecule has 3 N–H and O–H groups in total. The maximum Gasteiger partial charge on any atom is 0.300 e. The van der Waals surface area contributed by atoms with Crippen LogP contribution in [-0.4, -0.2) is 41.4 Å². The average Bonchev–Trinajstić information content (AvgIpc) is 2.96. The standard InChI is InChI=1S/C19H29N3.C2H4O2/c1-14-17(10-13-22(14)18-20-11-5-12-21-18)15-6-8-16(9-7-15)19(2,3)4;1-2(3)4/h5-9,11,14,17-18,20-21H,10,12-13H2,1-4H3;1H3,(H,3,4). The Kier molecular flexibility index (Phi) is 6.84. The lowest BCUT2D eigenvalue weighted by molar-refractivity contribution is -0.134. The molecule has 0 aliphatic carbocycles. The lowest BCUT2D eigenvalue weighted by Crippen LogP contribution is -2.56. The molecule has 3 unspecified atom stereocenters. The van der Waals surface area contributed by atoms with Crippen molar-refractivity contribution >= 4 is 5.97 Å². The van der Waals surface area contributed by atoms with Gasteiger partial charge in [-0.1, -0.05) is 51.1 Å². The quantitative estimate of drug-likeness (QED) is 0.756. The summed E-state index contributed by atoms with van der Waals surface area (Å²) in [6.07, 6.45) is 5.71. The van der Waals surface area contributed by atoms with Crippen LogP contribution >= 0.6 is 0 Å². The Bertz CT molecular complexity index is 615. The molecule has 2 aliphatic heterocycles.